The van der Waals surface area contributed by atoms with E-state index in [1.54, 1.807) is 6.07 Å². The van der Waals surface area contributed by atoms with Crippen molar-refractivity contribution in [3.63, 3.8) is 0 Å². The van der Waals surface area contributed by atoms with Crippen molar-refractivity contribution in [2.75, 3.05) is 68.7 Å². The number of rotatable bonds is 8. The quantitative estimate of drug-likeness (QED) is 0.462. The van der Waals surface area contributed by atoms with E-state index in [4.69, 9.17) is 5.73 Å². The molecular formula is C32H41FN6O. The SMILES string of the molecule is Cc1cc(C)c(C(=O)N2CCN(c3ccc(F)cn3)CC2)cc1CN1CCN(c2ccccc2CCCN)CC1. The van der Waals surface area contributed by atoms with E-state index in [1.165, 1.54) is 34.6 Å². The lowest BCUT2D eigenvalue weighted by atomic mass is 9.98. The van der Waals surface area contributed by atoms with Gasteiger partial charge in [-0.2, -0.15) is 0 Å². The van der Waals surface area contributed by atoms with Gasteiger partial charge in [0.15, 0.2) is 0 Å². The van der Waals surface area contributed by atoms with Crippen LogP contribution in [0.5, 0.6) is 0 Å². The Balaban J connectivity index is 1.20. The molecule has 212 valence electrons. The highest BCUT2D eigenvalue weighted by Gasteiger charge is 2.25. The maximum absolute atomic E-state index is 13.6. The lowest BCUT2D eigenvalue weighted by Gasteiger charge is -2.37. The first-order chi connectivity index (χ1) is 19.4. The highest BCUT2D eigenvalue weighted by atomic mass is 19.1. The maximum Gasteiger partial charge on any atom is 0.254 e. The number of amides is 1. The van der Waals surface area contributed by atoms with Crippen LogP contribution in [0, 0.1) is 19.7 Å². The lowest BCUT2D eigenvalue weighted by molar-refractivity contribution is 0.0745. The molecule has 0 radical (unpaired) electrons. The van der Waals surface area contributed by atoms with Gasteiger partial charge in [0.1, 0.15) is 11.6 Å². The Kier molecular flexibility index (Phi) is 8.97. The van der Waals surface area contributed by atoms with Crippen LogP contribution >= 0.6 is 0 Å². The number of carbonyl (C=O) groups is 1. The zero-order valence-electron chi connectivity index (χ0n) is 23.8. The van der Waals surface area contributed by atoms with E-state index in [-0.39, 0.29) is 11.7 Å². The predicted molar refractivity (Wildman–Crippen MR) is 160 cm³/mol. The number of nitrogens with two attached hydrogens (primary N) is 1. The largest absolute Gasteiger partial charge is 0.369 e. The van der Waals surface area contributed by atoms with Crippen molar-refractivity contribution < 1.29 is 9.18 Å². The van der Waals surface area contributed by atoms with Gasteiger partial charge >= 0.3 is 0 Å². The van der Waals surface area contributed by atoms with Crippen molar-refractivity contribution in [2.24, 2.45) is 5.73 Å². The molecule has 2 aromatic carbocycles. The summed E-state index contributed by atoms with van der Waals surface area (Å²) in [6.45, 7) is 12.3. The summed E-state index contributed by atoms with van der Waals surface area (Å²) >= 11 is 0. The first kappa shape index (κ1) is 28.1. The molecule has 1 amide bonds. The number of nitrogens with zero attached hydrogens (tertiary/aromatic N) is 5. The number of piperazine rings is 2. The van der Waals surface area contributed by atoms with Crippen LogP contribution < -0.4 is 15.5 Å². The number of halogens is 1. The van der Waals surface area contributed by atoms with Crippen molar-refractivity contribution in [1.82, 2.24) is 14.8 Å². The third-order valence-corrected chi connectivity index (χ3v) is 8.26. The highest BCUT2D eigenvalue weighted by molar-refractivity contribution is 5.96. The standard InChI is InChI=1S/C32H41FN6O/c1-24-20-25(2)29(32(40)39-18-16-38(17-19-39)31-10-9-28(33)22-35-31)21-27(24)23-36-12-14-37(15-13-36)30-8-4-3-6-26(30)7-5-11-34/h3-4,6,8-10,20-22H,5,7,11-19,23,34H2,1-2H3. The average molecular weight is 545 g/mol. The minimum absolute atomic E-state index is 0.0874. The molecule has 1 aromatic heterocycles. The second-order valence-corrected chi connectivity index (χ2v) is 11.0. The fourth-order valence-electron chi connectivity index (χ4n) is 5.87. The molecule has 2 N–H and O–H groups in total. The van der Waals surface area contributed by atoms with Gasteiger partial charge in [0.25, 0.3) is 5.91 Å². The third-order valence-electron chi connectivity index (χ3n) is 8.26. The molecule has 2 aliphatic rings. The Labute approximate surface area is 237 Å². The van der Waals surface area contributed by atoms with Gasteiger partial charge < -0.3 is 20.4 Å². The topological polar surface area (TPSA) is 68.9 Å². The summed E-state index contributed by atoms with van der Waals surface area (Å²) in [6, 6.07) is 16.1. The Morgan fingerprint density at radius 1 is 0.875 bits per heavy atom. The molecule has 0 bridgehead atoms. The summed E-state index contributed by atoms with van der Waals surface area (Å²) in [7, 11) is 0. The van der Waals surface area contributed by atoms with Crippen molar-refractivity contribution in [3.05, 3.63) is 88.4 Å². The van der Waals surface area contributed by atoms with Gasteiger partial charge in [-0.3, -0.25) is 9.69 Å². The molecule has 7 nitrogen and oxygen atoms in total. The number of aryl methyl sites for hydroxylation is 3. The normalized spacial score (nSPS) is 16.4. The van der Waals surface area contributed by atoms with Crippen LogP contribution in [-0.4, -0.2) is 79.6 Å². The molecule has 0 unspecified atom stereocenters. The van der Waals surface area contributed by atoms with E-state index in [2.05, 4.69) is 63.0 Å². The van der Waals surface area contributed by atoms with E-state index in [9.17, 15) is 9.18 Å². The number of para-hydroxylation sites is 1. The number of benzene rings is 2. The van der Waals surface area contributed by atoms with Crippen molar-refractivity contribution >= 4 is 17.4 Å². The summed E-state index contributed by atoms with van der Waals surface area (Å²) in [5.74, 6) is 0.500. The van der Waals surface area contributed by atoms with Crippen LogP contribution in [0.25, 0.3) is 0 Å². The summed E-state index contributed by atoms with van der Waals surface area (Å²) in [5, 5.41) is 0. The molecule has 40 heavy (non-hydrogen) atoms. The molecule has 2 aliphatic heterocycles. The van der Waals surface area contributed by atoms with Gasteiger partial charge in [-0.15, -0.1) is 0 Å². The number of pyridine rings is 1. The van der Waals surface area contributed by atoms with Crippen LogP contribution in [-0.2, 0) is 13.0 Å². The van der Waals surface area contributed by atoms with Gasteiger partial charge in [0.05, 0.1) is 6.20 Å². The second kappa shape index (κ2) is 12.8. The summed E-state index contributed by atoms with van der Waals surface area (Å²) < 4.78 is 13.3. The molecule has 0 atom stereocenters. The fourth-order valence-corrected chi connectivity index (χ4v) is 5.87. The molecular weight excluding hydrogens is 503 g/mol. The molecule has 2 fully saturated rings. The van der Waals surface area contributed by atoms with E-state index in [0.29, 0.717) is 32.7 Å². The van der Waals surface area contributed by atoms with Gasteiger partial charge in [-0.25, -0.2) is 9.37 Å². The average Bonchev–Trinajstić information content (AvgIpc) is 2.98. The van der Waals surface area contributed by atoms with E-state index >= 15 is 0 Å². The Hall–Kier alpha value is -3.49. The number of aromatic nitrogens is 1. The van der Waals surface area contributed by atoms with E-state index in [0.717, 1.165) is 62.5 Å². The zero-order valence-corrected chi connectivity index (χ0v) is 23.8. The number of anilines is 2. The molecule has 3 heterocycles. The van der Waals surface area contributed by atoms with Gasteiger partial charge in [-0.1, -0.05) is 24.3 Å². The predicted octanol–water partition coefficient (Wildman–Crippen LogP) is 4.01. The van der Waals surface area contributed by atoms with Crippen LogP contribution in [0.15, 0.2) is 54.7 Å². The molecule has 2 saturated heterocycles. The summed E-state index contributed by atoms with van der Waals surface area (Å²) in [5.41, 5.74) is 12.8. The summed E-state index contributed by atoms with van der Waals surface area (Å²) in [4.78, 5) is 26.8. The molecule has 0 spiro atoms. The minimum Gasteiger partial charge on any atom is -0.369 e. The molecule has 8 heteroatoms. The van der Waals surface area contributed by atoms with Crippen LogP contribution in [0.2, 0.25) is 0 Å². The first-order valence-electron chi connectivity index (χ1n) is 14.4. The van der Waals surface area contributed by atoms with E-state index < -0.39 is 0 Å². The van der Waals surface area contributed by atoms with Gasteiger partial charge in [-0.05, 0) is 79.8 Å². The van der Waals surface area contributed by atoms with Gasteiger partial charge in [0, 0.05) is 70.2 Å². The highest BCUT2D eigenvalue weighted by Crippen LogP contribution is 2.25. The smallest absolute Gasteiger partial charge is 0.254 e. The zero-order chi connectivity index (χ0) is 28.1. The van der Waals surface area contributed by atoms with Crippen LogP contribution in [0.3, 0.4) is 0 Å². The monoisotopic (exact) mass is 544 g/mol. The fraction of sp³-hybridized carbons (Fsp3) is 0.438. The molecule has 5 rings (SSSR count). The number of hydrogen-bond acceptors (Lipinski definition) is 6. The second-order valence-electron chi connectivity index (χ2n) is 11.0. The van der Waals surface area contributed by atoms with Gasteiger partial charge in [0.2, 0.25) is 0 Å². The molecule has 3 aromatic rings. The lowest BCUT2D eigenvalue weighted by Crippen LogP contribution is -2.49. The van der Waals surface area contributed by atoms with Crippen LogP contribution in [0.1, 0.15) is 39.0 Å². The third kappa shape index (κ3) is 6.45. The Morgan fingerprint density at radius 3 is 2.30 bits per heavy atom. The van der Waals surface area contributed by atoms with Crippen molar-refractivity contribution in [1.29, 1.82) is 0 Å². The number of carbonyl (C=O) groups excluding carboxylic acids is 1. The van der Waals surface area contributed by atoms with Crippen molar-refractivity contribution in [3.8, 4) is 0 Å². The first-order valence-corrected chi connectivity index (χ1v) is 14.4. The van der Waals surface area contributed by atoms with E-state index in [1.807, 2.05) is 11.8 Å². The minimum atomic E-state index is -0.339. The van der Waals surface area contributed by atoms with Crippen molar-refractivity contribution in [2.45, 2.75) is 33.2 Å². The Bertz CT molecular complexity index is 1300. The summed E-state index contributed by atoms with van der Waals surface area (Å²) in [6.07, 6.45) is 3.27. The maximum atomic E-state index is 13.6. The van der Waals surface area contributed by atoms with Crippen LogP contribution in [0.4, 0.5) is 15.9 Å². The molecule has 0 saturated carbocycles. The number of hydrogen-bond donors (Lipinski definition) is 1. The Morgan fingerprint density at radius 2 is 1.60 bits per heavy atom. The molecule has 0 aliphatic carbocycles.